The summed E-state index contributed by atoms with van der Waals surface area (Å²) in [5, 5.41) is 4.43. The molecular formula is C17H28ClN. The minimum absolute atomic E-state index is 0.298. The lowest BCUT2D eigenvalue weighted by atomic mass is 9.77. The van der Waals surface area contributed by atoms with Gasteiger partial charge in [0.1, 0.15) is 0 Å². The van der Waals surface area contributed by atoms with Crippen molar-refractivity contribution in [2.45, 2.75) is 41.0 Å². The van der Waals surface area contributed by atoms with Crippen LogP contribution in [0, 0.1) is 17.3 Å². The molecule has 0 radical (unpaired) electrons. The van der Waals surface area contributed by atoms with E-state index in [1.165, 1.54) is 5.56 Å². The molecule has 0 saturated carbocycles. The SMILES string of the molecule is CC(C)CNCC(Cc1cccc(Cl)c1)C(C)(C)C. The number of benzene rings is 1. The quantitative estimate of drug-likeness (QED) is 0.790. The summed E-state index contributed by atoms with van der Waals surface area (Å²) in [6.07, 6.45) is 1.08. The molecule has 1 nitrogen and oxygen atoms in total. The molecule has 0 aliphatic heterocycles. The van der Waals surface area contributed by atoms with Crippen molar-refractivity contribution < 1.29 is 0 Å². The standard InChI is InChI=1S/C17H28ClN/c1-13(2)11-19-12-15(17(3,4)5)9-14-7-6-8-16(18)10-14/h6-8,10,13,15,19H,9,11-12H2,1-5H3. The van der Waals surface area contributed by atoms with Gasteiger partial charge < -0.3 is 5.32 Å². The van der Waals surface area contributed by atoms with E-state index in [-0.39, 0.29) is 0 Å². The third kappa shape index (κ3) is 6.44. The molecule has 1 atom stereocenters. The summed E-state index contributed by atoms with van der Waals surface area (Å²) in [4.78, 5) is 0. The number of hydrogen-bond donors (Lipinski definition) is 1. The monoisotopic (exact) mass is 281 g/mol. The smallest absolute Gasteiger partial charge is 0.0408 e. The van der Waals surface area contributed by atoms with Crippen LogP contribution >= 0.6 is 11.6 Å². The Morgan fingerprint density at radius 3 is 2.37 bits per heavy atom. The van der Waals surface area contributed by atoms with Crippen molar-refractivity contribution in [1.29, 1.82) is 0 Å². The second-order valence-corrected chi connectivity index (χ2v) is 7.39. The number of hydrogen-bond acceptors (Lipinski definition) is 1. The fraction of sp³-hybridized carbons (Fsp3) is 0.647. The van der Waals surface area contributed by atoms with Gasteiger partial charge >= 0.3 is 0 Å². The lowest BCUT2D eigenvalue weighted by Gasteiger charge is -2.31. The van der Waals surface area contributed by atoms with E-state index >= 15 is 0 Å². The average Bonchev–Trinajstić information content (AvgIpc) is 2.26. The Balaban J connectivity index is 2.65. The van der Waals surface area contributed by atoms with E-state index in [4.69, 9.17) is 11.6 Å². The number of rotatable bonds is 6. The maximum absolute atomic E-state index is 6.07. The van der Waals surface area contributed by atoms with Gasteiger partial charge in [0.05, 0.1) is 0 Å². The van der Waals surface area contributed by atoms with Crippen LogP contribution in [-0.2, 0) is 6.42 Å². The minimum atomic E-state index is 0.298. The lowest BCUT2D eigenvalue weighted by molar-refractivity contribution is 0.228. The molecule has 1 aromatic carbocycles. The Bertz CT molecular complexity index is 379. The van der Waals surface area contributed by atoms with E-state index in [1.54, 1.807) is 0 Å². The van der Waals surface area contributed by atoms with E-state index in [0.29, 0.717) is 17.3 Å². The van der Waals surface area contributed by atoms with Crippen LogP contribution in [0.25, 0.3) is 0 Å². The van der Waals surface area contributed by atoms with Crippen molar-refractivity contribution in [2.24, 2.45) is 17.3 Å². The van der Waals surface area contributed by atoms with Crippen LogP contribution in [0.3, 0.4) is 0 Å². The van der Waals surface area contributed by atoms with E-state index in [9.17, 15) is 0 Å². The zero-order chi connectivity index (χ0) is 14.5. The molecule has 0 aromatic heterocycles. The zero-order valence-electron chi connectivity index (χ0n) is 13.0. The topological polar surface area (TPSA) is 12.0 Å². The van der Waals surface area contributed by atoms with Gasteiger partial charge in [0.15, 0.2) is 0 Å². The Morgan fingerprint density at radius 2 is 1.84 bits per heavy atom. The molecule has 2 heteroatoms. The summed E-state index contributed by atoms with van der Waals surface area (Å²) in [5.41, 5.74) is 1.63. The molecule has 0 fully saturated rings. The van der Waals surface area contributed by atoms with Gasteiger partial charge in [-0.2, -0.15) is 0 Å². The van der Waals surface area contributed by atoms with Gasteiger partial charge in [-0.05, 0) is 54.5 Å². The van der Waals surface area contributed by atoms with Gasteiger partial charge in [0.2, 0.25) is 0 Å². The minimum Gasteiger partial charge on any atom is -0.316 e. The molecule has 1 aromatic rings. The summed E-state index contributed by atoms with van der Waals surface area (Å²) in [5.74, 6) is 1.32. The number of nitrogens with one attached hydrogen (secondary N) is 1. The molecule has 0 saturated heterocycles. The second-order valence-electron chi connectivity index (χ2n) is 6.95. The summed E-state index contributed by atoms with van der Waals surface area (Å²) >= 11 is 6.07. The van der Waals surface area contributed by atoms with Crippen LogP contribution < -0.4 is 5.32 Å². The molecule has 0 bridgehead atoms. The number of halogens is 1. The Morgan fingerprint density at radius 1 is 1.16 bits per heavy atom. The van der Waals surface area contributed by atoms with Crippen LogP contribution in [0.1, 0.15) is 40.2 Å². The zero-order valence-corrected chi connectivity index (χ0v) is 13.7. The van der Waals surface area contributed by atoms with Crippen LogP contribution in [-0.4, -0.2) is 13.1 Å². The van der Waals surface area contributed by atoms with Gasteiger partial charge in [-0.1, -0.05) is 58.4 Å². The Kier molecular flexibility index (Phi) is 6.35. The van der Waals surface area contributed by atoms with E-state index in [1.807, 2.05) is 12.1 Å². The highest BCUT2D eigenvalue weighted by atomic mass is 35.5. The molecule has 1 N–H and O–H groups in total. The largest absolute Gasteiger partial charge is 0.316 e. The van der Waals surface area contributed by atoms with E-state index in [0.717, 1.165) is 24.5 Å². The molecule has 1 unspecified atom stereocenters. The third-order valence-electron chi connectivity index (χ3n) is 3.54. The predicted octanol–water partition coefficient (Wildman–Crippen LogP) is 4.79. The van der Waals surface area contributed by atoms with Crippen molar-refractivity contribution in [3.63, 3.8) is 0 Å². The van der Waals surface area contributed by atoms with Crippen LogP contribution in [0.4, 0.5) is 0 Å². The van der Waals surface area contributed by atoms with Crippen molar-refractivity contribution >= 4 is 11.6 Å². The molecule has 0 aliphatic rings. The van der Waals surface area contributed by atoms with E-state index in [2.05, 4.69) is 52.1 Å². The fourth-order valence-electron chi connectivity index (χ4n) is 2.18. The fourth-order valence-corrected chi connectivity index (χ4v) is 2.39. The van der Waals surface area contributed by atoms with Gasteiger partial charge in [-0.15, -0.1) is 0 Å². The van der Waals surface area contributed by atoms with Crippen molar-refractivity contribution in [3.8, 4) is 0 Å². The van der Waals surface area contributed by atoms with Crippen molar-refractivity contribution in [1.82, 2.24) is 5.32 Å². The molecule has 0 aliphatic carbocycles. The molecule has 0 amide bonds. The van der Waals surface area contributed by atoms with Crippen molar-refractivity contribution in [3.05, 3.63) is 34.9 Å². The highest BCUT2D eigenvalue weighted by Crippen LogP contribution is 2.29. The summed E-state index contributed by atoms with van der Waals surface area (Å²) in [7, 11) is 0. The maximum Gasteiger partial charge on any atom is 0.0408 e. The van der Waals surface area contributed by atoms with Crippen LogP contribution in [0.15, 0.2) is 24.3 Å². The second kappa shape index (κ2) is 7.31. The first-order valence-corrected chi connectivity index (χ1v) is 7.62. The Hall–Kier alpha value is -0.530. The van der Waals surface area contributed by atoms with Gasteiger partial charge in [0.25, 0.3) is 0 Å². The predicted molar refractivity (Wildman–Crippen MR) is 85.8 cm³/mol. The first kappa shape index (κ1) is 16.5. The molecule has 0 heterocycles. The molecule has 0 spiro atoms. The first-order chi connectivity index (χ1) is 8.79. The highest BCUT2D eigenvalue weighted by Gasteiger charge is 2.24. The third-order valence-corrected chi connectivity index (χ3v) is 3.77. The molecule has 108 valence electrons. The van der Waals surface area contributed by atoms with E-state index < -0.39 is 0 Å². The maximum atomic E-state index is 6.07. The first-order valence-electron chi connectivity index (χ1n) is 7.24. The molecule has 19 heavy (non-hydrogen) atoms. The average molecular weight is 282 g/mol. The van der Waals surface area contributed by atoms with Gasteiger partial charge in [-0.25, -0.2) is 0 Å². The summed E-state index contributed by atoms with van der Waals surface area (Å²) < 4.78 is 0. The molecular weight excluding hydrogens is 254 g/mol. The van der Waals surface area contributed by atoms with Gasteiger partial charge in [-0.3, -0.25) is 0 Å². The lowest BCUT2D eigenvalue weighted by Crippen LogP contribution is -2.35. The normalized spacial score (nSPS) is 13.8. The van der Waals surface area contributed by atoms with Gasteiger partial charge in [0, 0.05) is 5.02 Å². The molecule has 1 rings (SSSR count). The summed E-state index contributed by atoms with van der Waals surface area (Å²) in [6, 6.07) is 8.24. The highest BCUT2D eigenvalue weighted by molar-refractivity contribution is 6.30. The van der Waals surface area contributed by atoms with Crippen LogP contribution in [0.2, 0.25) is 5.02 Å². The summed E-state index contributed by atoms with van der Waals surface area (Å²) in [6.45, 7) is 13.6. The van der Waals surface area contributed by atoms with Crippen LogP contribution in [0.5, 0.6) is 0 Å². The van der Waals surface area contributed by atoms with Crippen molar-refractivity contribution in [2.75, 3.05) is 13.1 Å². The Labute approximate surface area is 123 Å².